The minimum absolute atomic E-state index is 0. The molecule has 0 unspecified atom stereocenters. The van der Waals surface area contributed by atoms with Gasteiger partial charge in [-0.1, -0.05) is 5.92 Å². The average molecular weight is 121 g/mol. The summed E-state index contributed by atoms with van der Waals surface area (Å²) in [6.07, 6.45) is 4.81. The van der Waals surface area contributed by atoms with Crippen LogP contribution in [-0.2, 0) is 0 Å². The maximum absolute atomic E-state index is 8.59. The summed E-state index contributed by atoms with van der Waals surface area (Å²) in [6, 6.07) is 0. The summed E-state index contributed by atoms with van der Waals surface area (Å²) in [5, 5.41) is 8.59. The Hall–Kier alpha value is -0.190. The van der Waals surface area contributed by atoms with Gasteiger partial charge in [0.05, 0.1) is 0 Å². The summed E-state index contributed by atoms with van der Waals surface area (Å²) in [6.45, 7) is 3.12. The van der Waals surface area contributed by atoms with Crippen molar-refractivity contribution < 1.29 is 5.11 Å². The molecule has 0 aromatic rings. The summed E-state index contributed by atoms with van der Waals surface area (Å²) in [5.41, 5.74) is -0.931. The van der Waals surface area contributed by atoms with E-state index in [-0.39, 0.29) is 12.4 Å². The minimum Gasteiger partial charge on any atom is -0.378 e. The van der Waals surface area contributed by atoms with E-state index in [1.165, 1.54) is 0 Å². The van der Waals surface area contributed by atoms with Gasteiger partial charge in [-0.2, -0.15) is 0 Å². The van der Waals surface area contributed by atoms with Crippen LogP contribution in [0.25, 0.3) is 0 Å². The molecule has 0 aromatic heterocycles. The van der Waals surface area contributed by atoms with Gasteiger partial charge in [-0.05, 0) is 13.8 Å². The maximum Gasteiger partial charge on any atom is 0.119 e. The predicted octanol–water partition coefficient (Wildman–Crippen LogP) is 0.812. The average Bonchev–Trinajstić information content (AvgIpc) is 1.35. The molecule has 0 aliphatic carbocycles. The van der Waals surface area contributed by atoms with Gasteiger partial charge in [0.2, 0.25) is 0 Å². The number of hydrogen-bond donors (Lipinski definition) is 1. The van der Waals surface area contributed by atoms with Gasteiger partial charge in [0, 0.05) is 0 Å². The maximum atomic E-state index is 8.59. The highest BCUT2D eigenvalue weighted by molar-refractivity contribution is 5.85. The minimum atomic E-state index is -0.931. The van der Waals surface area contributed by atoms with Gasteiger partial charge in [-0.25, -0.2) is 0 Å². The van der Waals surface area contributed by atoms with E-state index < -0.39 is 5.60 Å². The van der Waals surface area contributed by atoms with E-state index in [1.54, 1.807) is 13.8 Å². The van der Waals surface area contributed by atoms with Crippen LogP contribution in [0.3, 0.4) is 0 Å². The molecule has 2 heteroatoms. The van der Waals surface area contributed by atoms with Crippen LogP contribution in [0.5, 0.6) is 0 Å². The van der Waals surface area contributed by atoms with Crippen LogP contribution in [0, 0.1) is 12.3 Å². The molecule has 0 heterocycles. The summed E-state index contributed by atoms with van der Waals surface area (Å²) in [4.78, 5) is 0. The standard InChI is InChI=1S/C5H8O.ClH/c1-4-5(2,3)6;/h1,6H,2-3H3;1H. The number of aliphatic hydroxyl groups is 1. The molecule has 7 heavy (non-hydrogen) atoms. The third-order valence-electron chi connectivity index (χ3n) is 0.353. The summed E-state index contributed by atoms with van der Waals surface area (Å²) in [5.74, 6) is 2.16. The third kappa shape index (κ3) is 10.7. The van der Waals surface area contributed by atoms with E-state index in [0.717, 1.165) is 0 Å². The molecule has 0 saturated heterocycles. The zero-order valence-electron chi connectivity index (χ0n) is 4.43. The van der Waals surface area contributed by atoms with Crippen LogP contribution in [0.2, 0.25) is 0 Å². The molecule has 42 valence electrons. The zero-order valence-corrected chi connectivity index (χ0v) is 5.25. The van der Waals surface area contributed by atoms with E-state index in [2.05, 4.69) is 5.92 Å². The summed E-state index contributed by atoms with van der Waals surface area (Å²) < 4.78 is 0. The van der Waals surface area contributed by atoms with Crippen molar-refractivity contribution in [3.05, 3.63) is 0 Å². The largest absolute Gasteiger partial charge is 0.378 e. The van der Waals surface area contributed by atoms with E-state index in [1.807, 2.05) is 0 Å². The lowest BCUT2D eigenvalue weighted by atomic mass is 10.2. The number of halogens is 1. The molecule has 0 aliphatic rings. The lowest BCUT2D eigenvalue weighted by Gasteiger charge is -2.04. The highest BCUT2D eigenvalue weighted by atomic mass is 35.5. The van der Waals surface area contributed by atoms with Crippen LogP contribution in [0.15, 0.2) is 0 Å². The van der Waals surface area contributed by atoms with E-state index >= 15 is 0 Å². The van der Waals surface area contributed by atoms with Crippen molar-refractivity contribution >= 4 is 12.4 Å². The van der Waals surface area contributed by atoms with Crippen LogP contribution in [0.4, 0.5) is 0 Å². The fraction of sp³-hybridized carbons (Fsp3) is 0.600. The smallest absolute Gasteiger partial charge is 0.119 e. The molecule has 0 atom stereocenters. The van der Waals surface area contributed by atoms with Crippen LogP contribution < -0.4 is 0 Å². The first-order valence-electron chi connectivity index (χ1n) is 1.76. The Labute approximate surface area is 50.1 Å². The Morgan fingerprint density at radius 2 is 1.71 bits per heavy atom. The Morgan fingerprint density at radius 1 is 1.57 bits per heavy atom. The first kappa shape index (κ1) is 9.94. The van der Waals surface area contributed by atoms with Crippen molar-refractivity contribution in [2.24, 2.45) is 0 Å². The third-order valence-corrected chi connectivity index (χ3v) is 0.353. The van der Waals surface area contributed by atoms with Crippen molar-refractivity contribution in [1.29, 1.82) is 0 Å². The van der Waals surface area contributed by atoms with Gasteiger partial charge >= 0.3 is 0 Å². The normalized spacial score (nSPS) is 8.86. The molecule has 0 saturated carbocycles. The molecule has 0 bridgehead atoms. The molecule has 0 amide bonds. The lowest BCUT2D eigenvalue weighted by molar-refractivity contribution is 0.144. The quantitative estimate of drug-likeness (QED) is 0.469. The number of hydrogen-bond acceptors (Lipinski definition) is 1. The van der Waals surface area contributed by atoms with Crippen LogP contribution in [0.1, 0.15) is 13.8 Å². The lowest BCUT2D eigenvalue weighted by Crippen LogP contribution is -2.13. The summed E-state index contributed by atoms with van der Waals surface area (Å²) in [7, 11) is 0. The second-order valence-corrected chi connectivity index (χ2v) is 1.70. The molecule has 0 fully saturated rings. The predicted molar refractivity (Wildman–Crippen MR) is 32.4 cm³/mol. The first-order chi connectivity index (χ1) is 2.56. The Balaban J connectivity index is 0. The van der Waals surface area contributed by atoms with Crippen molar-refractivity contribution in [3.8, 4) is 12.3 Å². The molecule has 0 radical (unpaired) electrons. The van der Waals surface area contributed by atoms with Gasteiger partial charge in [-0.15, -0.1) is 18.8 Å². The topological polar surface area (TPSA) is 20.2 Å². The summed E-state index contributed by atoms with van der Waals surface area (Å²) >= 11 is 0. The van der Waals surface area contributed by atoms with Crippen molar-refractivity contribution in [1.82, 2.24) is 0 Å². The molecule has 0 rings (SSSR count). The zero-order chi connectivity index (χ0) is 5.21. The highest BCUT2D eigenvalue weighted by Crippen LogP contribution is 1.93. The van der Waals surface area contributed by atoms with Crippen molar-refractivity contribution in [2.45, 2.75) is 19.4 Å². The van der Waals surface area contributed by atoms with Crippen molar-refractivity contribution in [3.63, 3.8) is 0 Å². The Morgan fingerprint density at radius 3 is 1.71 bits per heavy atom. The Bertz CT molecular complexity index is 75.1. The number of rotatable bonds is 0. The van der Waals surface area contributed by atoms with Gasteiger partial charge in [0.15, 0.2) is 0 Å². The van der Waals surface area contributed by atoms with Crippen LogP contribution in [-0.4, -0.2) is 10.7 Å². The Kier molecular flexibility index (Phi) is 4.11. The van der Waals surface area contributed by atoms with Crippen molar-refractivity contribution in [2.75, 3.05) is 0 Å². The molecule has 0 spiro atoms. The van der Waals surface area contributed by atoms with Gasteiger partial charge in [-0.3, -0.25) is 0 Å². The SMILES string of the molecule is C#CC(C)(C)O.Cl. The molecular weight excluding hydrogens is 112 g/mol. The van der Waals surface area contributed by atoms with Gasteiger partial charge in [0.1, 0.15) is 5.60 Å². The monoisotopic (exact) mass is 120 g/mol. The fourth-order valence-electron chi connectivity index (χ4n) is 0. The van der Waals surface area contributed by atoms with E-state index in [4.69, 9.17) is 11.5 Å². The van der Waals surface area contributed by atoms with Crippen LogP contribution >= 0.6 is 12.4 Å². The number of terminal acetylenes is 1. The molecule has 1 N–H and O–H groups in total. The van der Waals surface area contributed by atoms with Gasteiger partial charge < -0.3 is 5.11 Å². The highest BCUT2D eigenvalue weighted by Gasteiger charge is 2.03. The first-order valence-corrected chi connectivity index (χ1v) is 1.76. The second-order valence-electron chi connectivity index (χ2n) is 1.70. The molecule has 1 nitrogen and oxygen atoms in total. The second kappa shape index (κ2) is 2.90. The molecule has 0 aliphatic heterocycles. The van der Waals surface area contributed by atoms with E-state index in [0.29, 0.717) is 0 Å². The fourth-order valence-corrected chi connectivity index (χ4v) is 0. The molecular formula is C5H9ClO. The van der Waals surface area contributed by atoms with E-state index in [9.17, 15) is 0 Å². The molecule has 0 aromatic carbocycles. The van der Waals surface area contributed by atoms with Gasteiger partial charge in [0.25, 0.3) is 0 Å².